The van der Waals surface area contributed by atoms with E-state index in [4.69, 9.17) is 4.74 Å². The lowest BCUT2D eigenvalue weighted by Crippen LogP contribution is -2.34. The maximum absolute atomic E-state index is 12.8. The number of hydrogen-bond acceptors (Lipinski definition) is 9. The van der Waals surface area contributed by atoms with Gasteiger partial charge in [-0.15, -0.1) is 16.4 Å². The summed E-state index contributed by atoms with van der Waals surface area (Å²) in [6.45, 7) is 7.45. The molecule has 0 bridgehead atoms. The van der Waals surface area contributed by atoms with Crippen molar-refractivity contribution < 1.29 is 19.7 Å². The Bertz CT molecular complexity index is 1880. The fraction of sp³-hybridized carbons (Fsp3) is 0.406. The Kier molecular flexibility index (Phi) is 6.62. The molecule has 2 aliphatic rings. The number of ether oxygens (including phenoxy) is 1. The summed E-state index contributed by atoms with van der Waals surface area (Å²) >= 11 is 1.69. The van der Waals surface area contributed by atoms with Crippen LogP contribution in [-0.4, -0.2) is 58.7 Å². The quantitative estimate of drug-likeness (QED) is 0.253. The Balaban J connectivity index is 1.33. The summed E-state index contributed by atoms with van der Waals surface area (Å²) in [5.41, 5.74) is 4.67. The van der Waals surface area contributed by atoms with Gasteiger partial charge in [0.15, 0.2) is 5.65 Å². The minimum atomic E-state index is -1.14. The number of carbonyl (C=O) groups is 1. The molecule has 1 saturated carbocycles. The molecule has 43 heavy (non-hydrogen) atoms. The summed E-state index contributed by atoms with van der Waals surface area (Å²) < 4.78 is 9.22. The number of aryl methyl sites for hydroxylation is 2. The molecular weight excluding hydrogens is 564 g/mol. The third kappa shape index (κ3) is 4.90. The molecule has 222 valence electrons. The Morgan fingerprint density at radius 2 is 2.05 bits per heavy atom. The number of thiophene rings is 1. The highest BCUT2D eigenvalue weighted by Gasteiger charge is 2.41. The number of fused-ring (bicyclic) bond motifs is 3. The summed E-state index contributed by atoms with van der Waals surface area (Å²) in [5, 5.41) is 32.3. The first-order valence-corrected chi connectivity index (χ1v) is 15.4. The molecular formula is C32H34N6O4S. The SMILES string of the molecule is Cc1c(C(c2cc(CN3Cc4nc(O)ccc4O[C@H](C4CC4)C3)c3sccc3c2)C(C)(C)C(=O)O)cnc2c1nnn2C. The van der Waals surface area contributed by atoms with Gasteiger partial charge in [-0.05, 0) is 90.7 Å². The van der Waals surface area contributed by atoms with Crippen LogP contribution < -0.4 is 4.74 Å². The molecule has 5 heterocycles. The number of nitrogens with zero attached hydrogens (tertiary/aromatic N) is 6. The zero-order valence-corrected chi connectivity index (χ0v) is 25.4. The van der Waals surface area contributed by atoms with E-state index in [1.807, 2.05) is 13.0 Å². The highest BCUT2D eigenvalue weighted by Crippen LogP contribution is 2.45. The van der Waals surface area contributed by atoms with Crippen LogP contribution in [0.2, 0.25) is 0 Å². The monoisotopic (exact) mass is 598 g/mol. The molecule has 4 aromatic heterocycles. The van der Waals surface area contributed by atoms with E-state index in [2.05, 4.69) is 48.8 Å². The molecule has 0 amide bonds. The minimum Gasteiger partial charge on any atom is -0.493 e. The van der Waals surface area contributed by atoms with Crippen molar-refractivity contribution in [2.45, 2.75) is 58.7 Å². The van der Waals surface area contributed by atoms with Gasteiger partial charge in [0.25, 0.3) is 0 Å². The Morgan fingerprint density at radius 3 is 2.81 bits per heavy atom. The van der Waals surface area contributed by atoms with Crippen LogP contribution in [0.1, 0.15) is 60.6 Å². The summed E-state index contributed by atoms with van der Waals surface area (Å²) in [6.07, 6.45) is 4.15. The third-order valence-electron chi connectivity index (χ3n) is 9.03. The molecule has 0 radical (unpaired) electrons. The van der Waals surface area contributed by atoms with Crippen LogP contribution in [0.4, 0.5) is 0 Å². The van der Waals surface area contributed by atoms with Crippen LogP contribution in [0.25, 0.3) is 21.3 Å². The number of hydrogen-bond donors (Lipinski definition) is 2. The minimum absolute atomic E-state index is 0.0161. The van der Waals surface area contributed by atoms with Crippen molar-refractivity contribution in [1.29, 1.82) is 0 Å². The zero-order chi connectivity index (χ0) is 30.0. The largest absolute Gasteiger partial charge is 0.493 e. The molecule has 2 N–H and O–H groups in total. The van der Waals surface area contributed by atoms with Crippen molar-refractivity contribution in [1.82, 2.24) is 29.9 Å². The topological polar surface area (TPSA) is 126 Å². The molecule has 11 heteroatoms. The van der Waals surface area contributed by atoms with E-state index in [1.54, 1.807) is 49.2 Å². The maximum Gasteiger partial charge on any atom is 0.310 e. The van der Waals surface area contributed by atoms with Gasteiger partial charge in [-0.2, -0.15) is 0 Å². The van der Waals surface area contributed by atoms with Crippen molar-refractivity contribution in [3.8, 4) is 11.6 Å². The number of aromatic nitrogens is 5. The lowest BCUT2D eigenvalue weighted by Gasteiger charge is -2.33. The van der Waals surface area contributed by atoms with Gasteiger partial charge in [0.1, 0.15) is 23.1 Å². The van der Waals surface area contributed by atoms with E-state index in [0.29, 0.717) is 30.2 Å². The standard InChI is InChI=1S/C32H34N6O4S/c1-17-22(13-33-30-28(17)35-36-37(30)4)27(32(2,3)31(40)41)20-11-19-9-10-43-29(19)21(12-20)14-38-15-23-24(7-8-26(39)34-23)42-25(16-38)18-5-6-18/h7-13,18,25,27H,5-6,14-16H2,1-4H3,(H,34,39)(H,40,41)/t25-,27?/m0/s1. The van der Waals surface area contributed by atoms with E-state index in [0.717, 1.165) is 58.5 Å². The maximum atomic E-state index is 12.8. The number of pyridine rings is 2. The Morgan fingerprint density at radius 1 is 1.23 bits per heavy atom. The van der Waals surface area contributed by atoms with Crippen LogP contribution in [0.15, 0.2) is 41.9 Å². The highest BCUT2D eigenvalue weighted by molar-refractivity contribution is 7.17. The summed E-state index contributed by atoms with van der Waals surface area (Å²) in [7, 11) is 1.80. The number of carboxylic acids is 1. The molecule has 7 rings (SSSR count). The van der Waals surface area contributed by atoms with Crippen molar-refractivity contribution in [3.63, 3.8) is 0 Å². The van der Waals surface area contributed by atoms with Crippen molar-refractivity contribution in [2.75, 3.05) is 6.54 Å². The van der Waals surface area contributed by atoms with Crippen LogP contribution in [0.5, 0.6) is 11.6 Å². The number of rotatable bonds is 7. The van der Waals surface area contributed by atoms with E-state index in [-0.39, 0.29) is 12.0 Å². The van der Waals surface area contributed by atoms with Crippen LogP contribution >= 0.6 is 11.3 Å². The van der Waals surface area contributed by atoms with Crippen molar-refractivity contribution >= 4 is 38.6 Å². The molecule has 2 atom stereocenters. The lowest BCUT2D eigenvalue weighted by atomic mass is 9.70. The van der Waals surface area contributed by atoms with Gasteiger partial charge in [0, 0.05) is 49.6 Å². The molecule has 1 unspecified atom stereocenters. The smallest absolute Gasteiger partial charge is 0.310 e. The Labute approximate surface area is 253 Å². The summed E-state index contributed by atoms with van der Waals surface area (Å²) in [6, 6.07) is 9.79. The van der Waals surface area contributed by atoms with Gasteiger partial charge >= 0.3 is 5.97 Å². The fourth-order valence-corrected chi connectivity index (χ4v) is 7.36. The summed E-state index contributed by atoms with van der Waals surface area (Å²) in [4.78, 5) is 24.2. The average Bonchev–Trinajstić information content (AvgIpc) is 3.62. The second kappa shape index (κ2) is 10.3. The number of aliphatic carboxylic acids is 1. The zero-order valence-electron chi connectivity index (χ0n) is 24.6. The molecule has 5 aromatic rings. The average molecular weight is 599 g/mol. The lowest BCUT2D eigenvalue weighted by molar-refractivity contribution is -0.147. The van der Waals surface area contributed by atoms with E-state index in [1.165, 1.54) is 4.70 Å². The van der Waals surface area contributed by atoms with Crippen LogP contribution in [0, 0.1) is 18.3 Å². The second-order valence-corrected chi connectivity index (χ2v) is 13.4. The molecule has 0 spiro atoms. The molecule has 1 aromatic carbocycles. The fourth-order valence-electron chi connectivity index (χ4n) is 6.47. The molecule has 1 aliphatic carbocycles. The van der Waals surface area contributed by atoms with Gasteiger partial charge in [-0.3, -0.25) is 9.69 Å². The first-order chi connectivity index (χ1) is 20.6. The summed E-state index contributed by atoms with van der Waals surface area (Å²) in [5.74, 6) is -0.140. The number of carboxylic acid groups (broad SMARTS) is 1. The van der Waals surface area contributed by atoms with Gasteiger partial charge in [-0.25, -0.2) is 14.6 Å². The van der Waals surface area contributed by atoms with E-state index >= 15 is 0 Å². The van der Waals surface area contributed by atoms with Crippen molar-refractivity contribution in [2.24, 2.45) is 18.4 Å². The van der Waals surface area contributed by atoms with Crippen LogP contribution in [-0.2, 0) is 24.9 Å². The van der Waals surface area contributed by atoms with Gasteiger partial charge < -0.3 is 14.9 Å². The van der Waals surface area contributed by atoms with Gasteiger partial charge in [0.05, 0.1) is 5.41 Å². The first-order valence-electron chi connectivity index (χ1n) is 14.6. The number of benzene rings is 1. The van der Waals surface area contributed by atoms with E-state index in [9.17, 15) is 15.0 Å². The van der Waals surface area contributed by atoms with Crippen LogP contribution in [0.3, 0.4) is 0 Å². The Hall–Kier alpha value is -4.09. The normalized spacial score (nSPS) is 18.4. The predicted octanol–water partition coefficient (Wildman–Crippen LogP) is 5.40. The number of aromatic hydroxyl groups is 1. The van der Waals surface area contributed by atoms with Gasteiger partial charge in [-0.1, -0.05) is 11.3 Å². The molecule has 0 saturated heterocycles. The van der Waals surface area contributed by atoms with Crippen molar-refractivity contribution in [3.05, 3.63) is 69.9 Å². The molecule has 1 fully saturated rings. The molecule has 1 aliphatic heterocycles. The second-order valence-electron chi connectivity index (χ2n) is 12.5. The molecule has 10 nitrogen and oxygen atoms in total. The van der Waals surface area contributed by atoms with Gasteiger partial charge in [0.2, 0.25) is 5.88 Å². The van der Waals surface area contributed by atoms with E-state index < -0.39 is 17.3 Å². The first kappa shape index (κ1) is 27.7. The third-order valence-corrected chi connectivity index (χ3v) is 10.0. The predicted molar refractivity (Wildman–Crippen MR) is 163 cm³/mol. The highest BCUT2D eigenvalue weighted by atomic mass is 32.1.